The largest absolute Gasteiger partial charge is 0.463 e. The van der Waals surface area contributed by atoms with Gasteiger partial charge in [-0.15, -0.1) is 0 Å². The first-order chi connectivity index (χ1) is 7.67. The molecule has 5 heteroatoms. The highest BCUT2D eigenvalue weighted by molar-refractivity contribution is 7.99. The molecular formula is C11H17NO3S. The summed E-state index contributed by atoms with van der Waals surface area (Å²) in [5.74, 6) is 1.35. The highest BCUT2D eigenvalue weighted by Gasteiger charge is 2.11. The summed E-state index contributed by atoms with van der Waals surface area (Å²) in [6.45, 7) is 2.82. The molecule has 1 aromatic heterocycles. The quantitative estimate of drug-likeness (QED) is 0.774. The zero-order valence-corrected chi connectivity index (χ0v) is 10.4. The number of furan rings is 1. The van der Waals surface area contributed by atoms with Gasteiger partial charge in [-0.2, -0.15) is 11.8 Å². The zero-order valence-electron chi connectivity index (χ0n) is 9.56. The Labute approximate surface area is 99.5 Å². The van der Waals surface area contributed by atoms with Crippen LogP contribution in [-0.2, 0) is 10.5 Å². The second-order valence-electron chi connectivity index (χ2n) is 3.46. The molecule has 1 atom stereocenters. The zero-order chi connectivity index (χ0) is 12.0. The van der Waals surface area contributed by atoms with E-state index >= 15 is 0 Å². The first-order valence-electron chi connectivity index (χ1n) is 5.16. The average molecular weight is 243 g/mol. The molecule has 0 saturated heterocycles. The number of nitrogens with two attached hydrogens (primary N) is 1. The first kappa shape index (κ1) is 13.1. The van der Waals surface area contributed by atoms with Gasteiger partial charge in [0.1, 0.15) is 5.76 Å². The lowest BCUT2D eigenvalue weighted by atomic mass is 10.3. The molecule has 0 fully saturated rings. The number of thioether (sulfide) groups is 1. The van der Waals surface area contributed by atoms with Gasteiger partial charge in [-0.1, -0.05) is 6.92 Å². The van der Waals surface area contributed by atoms with E-state index in [1.807, 2.05) is 0 Å². The van der Waals surface area contributed by atoms with Crippen LogP contribution in [0.5, 0.6) is 0 Å². The SMILES string of the molecule is COC(=O)c1ccc(CSC(C)CCN)o1. The van der Waals surface area contributed by atoms with Crippen molar-refractivity contribution >= 4 is 17.7 Å². The van der Waals surface area contributed by atoms with Gasteiger partial charge in [-0.3, -0.25) is 0 Å². The molecule has 1 unspecified atom stereocenters. The van der Waals surface area contributed by atoms with E-state index in [9.17, 15) is 4.79 Å². The summed E-state index contributed by atoms with van der Waals surface area (Å²) in [7, 11) is 1.34. The number of hydrogen-bond donors (Lipinski definition) is 1. The third-order valence-electron chi connectivity index (χ3n) is 2.13. The van der Waals surface area contributed by atoms with Crippen LogP contribution in [-0.4, -0.2) is 24.9 Å². The van der Waals surface area contributed by atoms with E-state index in [1.165, 1.54) is 7.11 Å². The van der Waals surface area contributed by atoms with Crippen LogP contribution in [0.3, 0.4) is 0 Å². The van der Waals surface area contributed by atoms with Crippen LogP contribution in [0.1, 0.15) is 29.7 Å². The number of rotatable bonds is 6. The Morgan fingerprint density at radius 2 is 2.38 bits per heavy atom. The van der Waals surface area contributed by atoms with Crippen molar-refractivity contribution in [3.63, 3.8) is 0 Å². The van der Waals surface area contributed by atoms with Crippen LogP contribution in [0, 0.1) is 0 Å². The summed E-state index contributed by atoms with van der Waals surface area (Å²) in [4.78, 5) is 11.1. The molecular weight excluding hydrogens is 226 g/mol. The second kappa shape index (κ2) is 6.60. The molecule has 2 N–H and O–H groups in total. The van der Waals surface area contributed by atoms with Crippen molar-refractivity contribution in [2.75, 3.05) is 13.7 Å². The number of esters is 1. The Kier molecular flexibility index (Phi) is 5.42. The number of methoxy groups -OCH3 is 1. The standard InChI is InChI=1S/C11H17NO3S/c1-8(5-6-12)16-7-9-3-4-10(15-9)11(13)14-2/h3-4,8H,5-7,12H2,1-2H3. The van der Waals surface area contributed by atoms with Crippen molar-refractivity contribution < 1.29 is 13.9 Å². The molecule has 16 heavy (non-hydrogen) atoms. The molecule has 0 amide bonds. The summed E-state index contributed by atoms with van der Waals surface area (Å²) >= 11 is 1.76. The molecule has 0 aliphatic rings. The number of carbonyl (C=O) groups excluding carboxylic acids is 1. The smallest absolute Gasteiger partial charge is 0.373 e. The average Bonchev–Trinajstić information content (AvgIpc) is 2.74. The monoisotopic (exact) mass is 243 g/mol. The molecule has 0 radical (unpaired) electrons. The van der Waals surface area contributed by atoms with Gasteiger partial charge >= 0.3 is 5.97 Å². The Hall–Kier alpha value is -0.940. The van der Waals surface area contributed by atoms with Gasteiger partial charge in [-0.25, -0.2) is 4.79 Å². The van der Waals surface area contributed by atoms with Crippen LogP contribution in [0.25, 0.3) is 0 Å². The van der Waals surface area contributed by atoms with E-state index in [2.05, 4.69) is 11.7 Å². The summed E-state index contributed by atoms with van der Waals surface area (Å²) in [5, 5.41) is 0.497. The fraction of sp³-hybridized carbons (Fsp3) is 0.545. The number of hydrogen-bond acceptors (Lipinski definition) is 5. The molecule has 0 aromatic carbocycles. The maximum absolute atomic E-state index is 11.1. The van der Waals surface area contributed by atoms with E-state index in [1.54, 1.807) is 23.9 Å². The van der Waals surface area contributed by atoms with Gasteiger partial charge in [0.05, 0.1) is 12.9 Å². The Morgan fingerprint density at radius 1 is 1.62 bits per heavy atom. The lowest BCUT2D eigenvalue weighted by molar-refractivity contribution is 0.0563. The Balaban J connectivity index is 2.43. The van der Waals surface area contributed by atoms with E-state index in [-0.39, 0.29) is 5.76 Å². The van der Waals surface area contributed by atoms with Crippen LogP contribution in [0.4, 0.5) is 0 Å². The minimum Gasteiger partial charge on any atom is -0.463 e. The van der Waals surface area contributed by atoms with Gasteiger partial charge < -0.3 is 14.9 Å². The molecule has 90 valence electrons. The van der Waals surface area contributed by atoms with E-state index < -0.39 is 5.97 Å². The molecule has 1 heterocycles. The van der Waals surface area contributed by atoms with Gasteiger partial charge in [0.2, 0.25) is 5.76 Å². The summed E-state index contributed by atoms with van der Waals surface area (Å²) in [6, 6.07) is 3.43. The van der Waals surface area contributed by atoms with Gasteiger partial charge in [0.15, 0.2) is 0 Å². The molecule has 0 bridgehead atoms. The lowest BCUT2D eigenvalue weighted by Crippen LogP contribution is -2.07. The first-order valence-corrected chi connectivity index (χ1v) is 6.21. The van der Waals surface area contributed by atoms with Crippen molar-refractivity contribution in [2.24, 2.45) is 5.73 Å². The van der Waals surface area contributed by atoms with Crippen molar-refractivity contribution in [2.45, 2.75) is 24.3 Å². The minimum absolute atomic E-state index is 0.254. The summed E-state index contributed by atoms with van der Waals surface area (Å²) in [6.07, 6.45) is 0.981. The Bertz CT molecular complexity index is 338. The molecule has 0 saturated carbocycles. The second-order valence-corrected chi connectivity index (χ2v) is 4.88. The summed E-state index contributed by atoms with van der Waals surface area (Å²) < 4.78 is 9.90. The van der Waals surface area contributed by atoms with Gasteiger partial charge in [0.25, 0.3) is 0 Å². The highest BCUT2D eigenvalue weighted by Crippen LogP contribution is 2.21. The fourth-order valence-electron chi connectivity index (χ4n) is 1.21. The van der Waals surface area contributed by atoms with Crippen molar-refractivity contribution in [3.05, 3.63) is 23.7 Å². The maximum Gasteiger partial charge on any atom is 0.373 e. The summed E-state index contributed by atoms with van der Waals surface area (Å²) in [5.41, 5.74) is 5.46. The number of carbonyl (C=O) groups is 1. The van der Waals surface area contributed by atoms with Gasteiger partial charge in [-0.05, 0) is 25.1 Å². The van der Waals surface area contributed by atoms with Crippen molar-refractivity contribution in [1.29, 1.82) is 0 Å². The molecule has 1 aromatic rings. The predicted molar refractivity (Wildman–Crippen MR) is 64.5 cm³/mol. The molecule has 4 nitrogen and oxygen atoms in total. The van der Waals surface area contributed by atoms with Crippen LogP contribution < -0.4 is 5.73 Å². The molecule has 0 spiro atoms. The van der Waals surface area contributed by atoms with Crippen LogP contribution in [0.15, 0.2) is 16.5 Å². The van der Waals surface area contributed by atoms with E-state index in [0.29, 0.717) is 11.8 Å². The molecule has 1 rings (SSSR count). The van der Waals surface area contributed by atoms with Gasteiger partial charge in [0, 0.05) is 5.25 Å². The lowest BCUT2D eigenvalue weighted by Gasteiger charge is -2.07. The normalized spacial score (nSPS) is 12.4. The highest BCUT2D eigenvalue weighted by atomic mass is 32.2. The third-order valence-corrected chi connectivity index (χ3v) is 3.39. The van der Waals surface area contributed by atoms with Crippen LogP contribution in [0.2, 0.25) is 0 Å². The molecule has 0 aliphatic carbocycles. The van der Waals surface area contributed by atoms with E-state index in [0.717, 1.165) is 17.9 Å². The third kappa shape index (κ3) is 3.90. The van der Waals surface area contributed by atoms with E-state index in [4.69, 9.17) is 10.2 Å². The predicted octanol–water partition coefficient (Wildman–Crippen LogP) is 2.04. The maximum atomic E-state index is 11.1. The van der Waals surface area contributed by atoms with Crippen molar-refractivity contribution in [1.82, 2.24) is 0 Å². The fourth-order valence-corrected chi connectivity index (χ4v) is 2.11. The van der Waals surface area contributed by atoms with Crippen LogP contribution >= 0.6 is 11.8 Å². The Morgan fingerprint density at radius 3 is 3.00 bits per heavy atom. The number of ether oxygens (including phenoxy) is 1. The molecule has 0 aliphatic heterocycles. The van der Waals surface area contributed by atoms with Crippen molar-refractivity contribution in [3.8, 4) is 0 Å². The topological polar surface area (TPSA) is 65.5 Å². The minimum atomic E-state index is -0.439.